The molecule has 128 valence electrons. The summed E-state index contributed by atoms with van der Waals surface area (Å²) in [6.45, 7) is 1.37. The standard InChI is InChI=1S/C20H24O4/c1-23-13-7-2-3-8-14-24-19-15-17(20(21)22)11-12-18(19)16-9-5-4-6-10-16/h4-6,9-12,15H,2-3,7-8,13-14H2,1H3,(H,21,22). The Labute approximate surface area is 143 Å². The van der Waals surface area contributed by atoms with Crippen LogP contribution >= 0.6 is 0 Å². The van der Waals surface area contributed by atoms with E-state index < -0.39 is 5.97 Å². The van der Waals surface area contributed by atoms with Gasteiger partial charge in [-0.05, 0) is 43.0 Å². The van der Waals surface area contributed by atoms with Crippen molar-refractivity contribution in [3.63, 3.8) is 0 Å². The predicted molar refractivity (Wildman–Crippen MR) is 94.7 cm³/mol. The smallest absolute Gasteiger partial charge is 0.335 e. The van der Waals surface area contributed by atoms with Crippen LogP contribution in [0.15, 0.2) is 48.5 Å². The van der Waals surface area contributed by atoms with Gasteiger partial charge in [0.1, 0.15) is 5.75 Å². The zero-order valence-corrected chi connectivity index (χ0v) is 14.0. The number of ether oxygens (including phenoxy) is 2. The summed E-state index contributed by atoms with van der Waals surface area (Å²) in [4.78, 5) is 11.2. The van der Waals surface area contributed by atoms with Crippen molar-refractivity contribution in [2.24, 2.45) is 0 Å². The molecule has 0 aliphatic carbocycles. The maximum Gasteiger partial charge on any atom is 0.335 e. The van der Waals surface area contributed by atoms with E-state index in [1.807, 2.05) is 36.4 Å². The van der Waals surface area contributed by atoms with Crippen LogP contribution in [0.2, 0.25) is 0 Å². The van der Waals surface area contributed by atoms with E-state index >= 15 is 0 Å². The van der Waals surface area contributed by atoms with Gasteiger partial charge >= 0.3 is 5.97 Å². The number of unbranched alkanes of at least 4 members (excludes halogenated alkanes) is 3. The first kappa shape index (κ1) is 18.0. The van der Waals surface area contributed by atoms with Crippen molar-refractivity contribution in [1.29, 1.82) is 0 Å². The van der Waals surface area contributed by atoms with Gasteiger partial charge in [0.15, 0.2) is 0 Å². The molecule has 1 N–H and O–H groups in total. The quantitative estimate of drug-likeness (QED) is 0.646. The van der Waals surface area contributed by atoms with Crippen LogP contribution < -0.4 is 4.74 Å². The normalized spacial score (nSPS) is 10.5. The highest BCUT2D eigenvalue weighted by molar-refractivity contribution is 5.89. The molecule has 0 atom stereocenters. The molecule has 0 radical (unpaired) electrons. The SMILES string of the molecule is COCCCCCCOc1cc(C(=O)O)ccc1-c1ccccc1. The van der Waals surface area contributed by atoms with E-state index in [2.05, 4.69) is 0 Å². The average Bonchev–Trinajstić information content (AvgIpc) is 2.61. The van der Waals surface area contributed by atoms with E-state index in [1.165, 1.54) is 0 Å². The number of hydrogen-bond donors (Lipinski definition) is 1. The number of carbonyl (C=O) groups is 1. The Hall–Kier alpha value is -2.33. The van der Waals surface area contributed by atoms with Gasteiger partial charge in [-0.15, -0.1) is 0 Å². The number of carboxylic acids is 1. The maximum atomic E-state index is 11.2. The number of benzene rings is 2. The van der Waals surface area contributed by atoms with Crippen LogP contribution in [0.1, 0.15) is 36.0 Å². The second kappa shape index (κ2) is 9.73. The Morgan fingerprint density at radius 1 is 0.958 bits per heavy atom. The number of hydrogen-bond acceptors (Lipinski definition) is 3. The van der Waals surface area contributed by atoms with Crippen molar-refractivity contribution in [2.75, 3.05) is 20.3 Å². The minimum atomic E-state index is -0.945. The van der Waals surface area contributed by atoms with Crippen molar-refractivity contribution in [3.05, 3.63) is 54.1 Å². The lowest BCUT2D eigenvalue weighted by Crippen LogP contribution is -2.02. The summed E-state index contributed by atoms with van der Waals surface area (Å²) < 4.78 is 10.9. The zero-order chi connectivity index (χ0) is 17.2. The summed E-state index contributed by atoms with van der Waals surface area (Å²) in [6.07, 6.45) is 4.18. The van der Waals surface area contributed by atoms with Gasteiger partial charge in [0.05, 0.1) is 12.2 Å². The van der Waals surface area contributed by atoms with E-state index in [0.29, 0.717) is 12.4 Å². The lowest BCUT2D eigenvalue weighted by molar-refractivity contribution is 0.0696. The van der Waals surface area contributed by atoms with Gasteiger partial charge in [0.25, 0.3) is 0 Å². The van der Waals surface area contributed by atoms with E-state index in [0.717, 1.165) is 43.4 Å². The second-order valence-electron chi connectivity index (χ2n) is 5.64. The minimum absolute atomic E-state index is 0.241. The number of methoxy groups -OCH3 is 1. The molecule has 0 saturated heterocycles. The number of rotatable bonds is 10. The Balaban J connectivity index is 2.02. The first-order chi connectivity index (χ1) is 11.7. The molecule has 0 fully saturated rings. The molecular formula is C20H24O4. The molecule has 0 amide bonds. The van der Waals surface area contributed by atoms with Crippen LogP contribution in [0.25, 0.3) is 11.1 Å². The third-order valence-corrected chi connectivity index (χ3v) is 3.81. The van der Waals surface area contributed by atoms with Crippen LogP contribution in [0, 0.1) is 0 Å². The monoisotopic (exact) mass is 328 g/mol. The van der Waals surface area contributed by atoms with Crippen LogP contribution in [-0.4, -0.2) is 31.4 Å². The molecule has 2 aromatic rings. The summed E-state index contributed by atoms with van der Waals surface area (Å²) in [5.41, 5.74) is 2.18. The average molecular weight is 328 g/mol. The van der Waals surface area contributed by atoms with Gasteiger partial charge in [0.2, 0.25) is 0 Å². The molecule has 0 bridgehead atoms. The van der Waals surface area contributed by atoms with Crippen molar-refractivity contribution < 1.29 is 19.4 Å². The van der Waals surface area contributed by atoms with E-state index in [9.17, 15) is 9.90 Å². The topological polar surface area (TPSA) is 55.8 Å². The molecule has 0 aliphatic rings. The molecule has 24 heavy (non-hydrogen) atoms. The molecule has 2 aromatic carbocycles. The van der Waals surface area contributed by atoms with Gasteiger partial charge < -0.3 is 14.6 Å². The van der Waals surface area contributed by atoms with Crippen LogP contribution in [0.4, 0.5) is 0 Å². The lowest BCUT2D eigenvalue weighted by atomic mass is 10.0. The summed E-state index contributed by atoms with van der Waals surface area (Å²) in [6, 6.07) is 14.9. The maximum absolute atomic E-state index is 11.2. The Morgan fingerprint density at radius 3 is 2.33 bits per heavy atom. The summed E-state index contributed by atoms with van der Waals surface area (Å²) in [7, 11) is 1.71. The van der Waals surface area contributed by atoms with E-state index in [4.69, 9.17) is 9.47 Å². The van der Waals surface area contributed by atoms with E-state index in [-0.39, 0.29) is 5.56 Å². The Kier molecular flexibility index (Phi) is 7.30. The predicted octanol–water partition coefficient (Wildman–Crippen LogP) is 4.64. The first-order valence-corrected chi connectivity index (χ1v) is 8.27. The fourth-order valence-corrected chi connectivity index (χ4v) is 2.52. The molecule has 0 spiro atoms. The Morgan fingerprint density at radius 2 is 1.67 bits per heavy atom. The van der Waals surface area contributed by atoms with Gasteiger partial charge in [0, 0.05) is 19.3 Å². The first-order valence-electron chi connectivity index (χ1n) is 8.27. The molecule has 0 aromatic heterocycles. The van der Waals surface area contributed by atoms with Gasteiger partial charge in [-0.1, -0.05) is 36.8 Å². The third-order valence-electron chi connectivity index (χ3n) is 3.81. The highest BCUT2D eigenvalue weighted by Gasteiger charge is 2.11. The van der Waals surface area contributed by atoms with Crippen molar-refractivity contribution in [1.82, 2.24) is 0 Å². The van der Waals surface area contributed by atoms with Crippen LogP contribution in [0.3, 0.4) is 0 Å². The van der Waals surface area contributed by atoms with Gasteiger partial charge in [-0.2, -0.15) is 0 Å². The molecule has 4 nitrogen and oxygen atoms in total. The van der Waals surface area contributed by atoms with Crippen molar-refractivity contribution in [3.8, 4) is 16.9 Å². The van der Waals surface area contributed by atoms with Crippen molar-refractivity contribution in [2.45, 2.75) is 25.7 Å². The second-order valence-corrected chi connectivity index (χ2v) is 5.64. The molecular weight excluding hydrogens is 304 g/mol. The zero-order valence-electron chi connectivity index (χ0n) is 14.0. The van der Waals surface area contributed by atoms with Crippen LogP contribution in [-0.2, 0) is 4.74 Å². The molecule has 0 saturated carbocycles. The fraction of sp³-hybridized carbons (Fsp3) is 0.350. The minimum Gasteiger partial charge on any atom is -0.493 e. The highest BCUT2D eigenvalue weighted by atomic mass is 16.5. The highest BCUT2D eigenvalue weighted by Crippen LogP contribution is 2.31. The van der Waals surface area contributed by atoms with Crippen molar-refractivity contribution >= 4 is 5.97 Å². The largest absolute Gasteiger partial charge is 0.493 e. The number of aromatic carboxylic acids is 1. The molecule has 0 unspecified atom stereocenters. The van der Waals surface area contributed by atoms with Crippen LogP contribution in [0.5, 0.6) is 5.75 Å². The molecule has 4 heteroatoms. The Bertz CT molecular complexity index is 637. The summed E-state index contributed by atoms with van der Waals surface area (Å²) >= 11 is 0. The lowest BCUT2D eigenvalue weighted by Gasteiger charge is -2.13. The third kappa shape index (κ3) is 5.39. The summed E-state index contributed by atoms with van der Waals surface area (Å²) in [5, 5.41) is 9.20. The summed E-state index contributed by atoms with van der Waals surface area (Å²) in [5.74, 6) is -0.322. The fourth-order valence-electron chi connectivity index (χ4n) is 2.52. The van der Waals surface area contributed by atoms with Gasteiger partial charge in [-0.3, -0.25) is 0 Å². The molecule has 0 aliphatic heterocycles. The number of carboxylic acid groups (broad SMARTS) is 1. The van der Waals surface area contributed by atoms with E-state index in [1.54, 1.807) is 19.2 Å². The molecule has 0 heterocycles. The molecule has 2 rings (SSSR count). The van der Waals surface area contributed by atoms with Gasteiger partial charge in [-0.25, -0.2) is 4.79 Å².